The Morgan fingerprint density at radius 3 is 2.68 bits per heavy atom. The van der Waals surface area contributed by atoms with Gasteiger partial charge in [-0.15, -0.1) is 0 Å². The highest BCUT2D eigenvalue weighted by Gasteiger charge is 2.06. The number of hydrogen-bond acceptors (Lipinski definition) is 3. The van der Waals surface area contributed by atoms with Gasteiger partial charge in [-0.1, -0.05) is 26.0 Å². The lowest BCUT2D eigenvalue weighted by Gasteiger charge is -2.09. The Hall–Kier alpha value is -2.62. The lowest BCUT2D eigenvalue weighted by Crippen LogP contribution is -1.93. The molecule has 0 aliphatic carbocycles. The van der Waals surface area contributed by atoms with Crippen LogP contribution in [0.3, 0.4) is 0 Å². The van der Waals surface area contributed by atoms with Gasteiger partial charge in [0, 0.05) is 31.1 Å². The molecule has 0 unspecified atom stereocenters. The van der Waals surface area contributed by atoms with Crippen LogP contribution in [-0.4, -0.2) is 14.5 Å². The van der Waals surface area contributed by atoms with Crippen molar-refractivity contribution in [3.8, 4) is 22.9 Å². The molecule has 0 fully saturated rings. The number of aromatic nitrogens is 3. The summed E-state index contributed by atoms with van der Waals surface area (Å²) in [7, 11) is 1.99. The van der Waals surface area contributed by atoms with Crippen LogP contribution in [0.15, 0.2) is 55.1 Å². The minimum Gasteiger partial charge on any atom is -0.439 e. The van der Waals surface area contributed by atoms with Gasteiger partial charge in [-0.05, 0) is 29.7 Å². The smallest absolute Gasteiger partial charge is 0.222 e. The first kappa shape index (κ1) is 14.3. The van der Waals surface area contributed by atoms with Crippen LogP contribution in [-0.2, 0) is 7.05 Å². The van der Waals surface area contributed by atoms with Gasteiger partial charge >= 0.3 is 0 Å². The molecule has 3 rings (SSSR count). The molecule has 22 heavy (non-hydrogen) atoms. The maximum absolute atomic E-state index is 5.88. The largest absolute Gasteiger partial charge is 0.439 e. The van der Waals surface area contributed by atoms with Crippen LogP contribution < -0.4 is 4.74 Å². The first-order valence-electron chi connectivity index (χ1n) is 7.34. The average molecular weight is 293 g/mol. The van der Waals surface area contributed by atoms with Crippen molar-refractivity contribution in [2.24, 2.45) is 7.05 Å². The van der Waals surface area contributed by atoms with E-state index in [1.165, 1.54) is 11.9 Å². The molecule has 0 bridgehead atoms. The molecule has 0 saturated carbocycles. The van der Waals surface area contributed by atoms with Gasteiger partial charge in [0.15, 0.2) is 0 Å². The highest BCUT2D eigenvalue weighted by Crippen LogP contribution is 2.26. The maximum Gasteiger partial charge on any atom is 0.222 e. The molecule has 4 nitrogen and oxygen atoms in total. The predicted molar refractivity (Wildman–Crippen MR) is 87.0 cm³/mol. The van der Waals surface area contributed by atoms with Crippen LogP contribution in [0.2, 0.25) is 0 Å². The average Bonchev–Trinajstić information content (AvgIpc) is 2.94. The second kappa shape index (κ2) is 6.02. The molecule has 2 heterocycles. The summed E-state index contributed by atoms with van der Waals surface area (Å²) in [6.45, 7) is 4.33. The van der Waals surface area contributed by atoms with Gasteiger partial charge < -0.3 is 9.30 Å². The van der Waals surface area contributed by atoms with E-state index < -0.39 is 0 Å². The van der Waals surface area contributed by atoms with Crippen molar-refractivity contribution in [1.29, 1.82) is 0 Å². The molecule has 0 spiro atoms. The first-order valence-corrected chi connectivity index (χ1v) is 7.34. The Kier molecular flexibility index (Phi) is 3.92. The van der Waals surface area contributed by atoms with Gasteiger partial charge in [0.05, 0.1) is 5.69 Å². The Bertz CT molecular complexity index is 777. The quantitative estimate of drug-likeness (QED) is 0.716. The lowest BCUT2D eigenvalue weighted by atomic mass is 10.0. The van der Waals surface area contributed by atoms with Gasteiger partial charge in [-0.2, -0.15) is 0 Å². The van der Waals surface area contributed by atoms with Crippen molar-refractivity contribution in [2.75, 3.05) is 0 Å². The number of ether oxygens (including phenoxy) is 1. The van der Waals surface area contributed by atoms with E-state index in [0.717, 1.165) is 17.0 Å². The third-order valence-corrected chi connectivity index (χ3v) is 3.52. The van der Waals surface area contributed by atoms with Gasteiger partial charge in [-0.3, -0.25) is 0 Å². The molecule has 0 radical (unpaired) electrons. The molecule has 0 amide bonds. The molecule has 0 N–H and O–H groups in total. The van der Waals surface area contributed by atoms with Crippen LogP contribution in [0.25, 0.3) is 11.3 Å². The first-order chi connectivity index (χ1) is 10.6. The normalized spacial score (nSPS) is 10.9. The molecule has 3 aromatic rings. The zero-order valence-electron chi connectivity index (χ0n) is 13.0. The van der Waals surface area contributed by atoms with Crippen molar-refractivity contribution < 1.29 is 4.74 Å². The van der Waals surface area contributed by atoms with E-state index in [-0.39, 0.29) is 0 Å². The fourth-order valence-corrected chi connectivity index (χ4v) is 2.27. The maximum atomic E-state index is 5.88. The Morgan fingerprint density at radius 2 is 1.95 bits per heavy atom. The van der Waals surface area contributed by atoms with E-state index in [1.807, 2.05) is 48.3 Å². The fraction of sp³-hybridized carbons (Fsp3) is 0.222. The van der Waals surface area contributed by atoms with E-state index in [4.69, 9.17) is 4.74 Å². The molecule has 112 valence electrons. The Balaban J connectivity index is 1.85. The molecule has 0 aliphatic heterocycles. The summed E-state index contributed by atoms with van der Waals surface area (Å²) in [5.41, 5.74) is 3.14. The van der Waals surface area contributed by atoms with E-state index in [1.54, 1.807) is 0 Å². The number of aryl methyl sites for hydroxylation is 1. The summed E-state index contributed by atoms with van der Waals surface area (Å²) in [6.07, 6.45) is 5.54. The van der Waals surface area contributed by atoms with Crippen LogP contribution in [0.5, 0.6) is 11.6 Å². The van der Waals surface area contributed by atoms with Crippen molar-refractivity contribution in [2.45, 2.75) is 19.8 Å². The molecule has 4 heteroatoms. The van der Waals surface area contributed by atoms with E-state index >= 15 is 0 Å². The molecule has 0 saturated heterocycles. The second-order valence-corrected chi connectivity index (χ2v) is 5.64. The van der Waals surface area contributed by atoms with Gasteiger partial charge in [0.2, 0.25) is 5.88 Å². The van der Waals surface area contributed by atoms with E-state index in [9.17, 15) is 0 Å². The second-order valence-electron chi connectivity index (χ2n) is 5.64. The van der Waals surface area contributed by atoms with E-state index in [2.05, 4.69) is 35.9 Å². The van der Waals surface area contributed by atoms with E-state index in [0.29, 0.717) is 11.8 Å². The third kappa shape index (κ3) is 3.17. The number of nitrogens with zero attached hydrogens (tertiary/aromatic N) is 3. The Morgan fingerprint density at radius 1 is 1.09 bits per heavy atom. The lowest BCUT2D eigenvalue weighted by molar-refractivity contribution is 0.461. The molecule has 0 atom stereocenters. The predicted octanol–water partition coefficient (Wildman–Crippen LogP) is 4.40. The van der Waals surface area contributed by atoms with Crippen molar-refractivity contribution >= 4 is 0 Å². The zero-order valence-corrected chi connectivity index (χ0v) is 13.0. The minimum absolute atomic E-state index is 0.467. The topological polar surface area (TPSA) is 39.9 Å². The number of hydrogen-bond donors (Lipinski definition) is 0. The standard InChI is InChI=1S/C18H19N3O/c1-13(2)14-5-4-6-16(9-14)22-18-10-17(19-12-20-18)15-7-8-21(3)11-15/h4-13H,1-3H3. The molecule has 2 aromatic heterocycles. The fourth-order valence-electron chi connectivity index (χ4n) is 2.27. The SMILES string of the molecule is CC(C)c1cccc(Oc2cc(-c3ccn(C)c3)ncn2)c1. The van der Waals surface area contributed by atoms with Gasteiger partial charge in [0.25, 0.3) is 0 Å². The molecular weight excluding hydrogens is 274 g/mol. The zero-order chi connectivity index (χ0) is 15.5. The van der Waals surface area contributed by atoms with Crippen LogP contribution in [0.1, 0.15) is 25.3 Å². The minimum atomic E-state index is 0.467. The van der Waals surface area contributed by atoms with Crippen LogP contribution in [0, 0.1) is 0 Å². The third-order valence-electron chi connectivity index (χ3n) is 3.52. The molecule has 1 aromatic carbocycles. The Labute approximate surface area is 130 Å². The summed E-state index contributed by atoms with van der Waals surface area (Å²) >= 11 is 0. The monoisotopic (exact) mass is 293 g/mol. The molecular formula is C18H19N3O. The number of benzene rings is 1. The summed E-state index contributed by atoms with van der Waals surface area (Å²) in [5, 5.41) is 0. The van der Waals surface area contributed by atoms with Gasteiger partial charge in [-0.25, -0.2) is 9.97 Å². The van der Waals surface area contributed by atoms with Crippen LogP contribution in [0.4, 0.5) is 0 Å². The highest BCUT2D eigenvalue weighted by atomic mass is 16.5. The summed E-state index contributed by atoms with van der Waals surface area (Å²) in [5.74, 6) is 1.81. The highest BCUT2D eigenvalue weighted by molar-refractivity contribution is 5.59. The van der Waals surface area contributed by atoms with Gasteiger partial charge in [0.1, 0.15) is 12.1 Å². The number of rotatable bonds is 4. The summed E-state index contributed by atoms with van der Waals surface area (Å²) in [6, 6.07) is 12.0. The van der Waals surface area contributed by atoms with Crippen molar-refractivity contribution in [3.05, 3.63) is 60.7 Å². The molecule has 0 aliphatic rings. The summed E-state index contributed by atoms with van der Waals surface area (Å²) < 4.78 is 7.87. The summed E-state index contributed by atoms with van der Waals surface area (Å²) in [4.78, 5) is 8.51. The van der Waals surface area contributed by atoms with Crippen molar-refractivity contribution in [3.63, 3.8) is 0 Å². The van der Waals surface area contributed by atoms with Crippen molar-refractivity contribution in [1.82, 2.24) is 14.5 Å². The van der Waals surface area contributed by atoms with Crippen LogP contribution >= 0.6 is 0 Å².